The van der Waals surface area contributed by atoms with Crippen LogP contribution in [0.5, 0.6) is 5.75 Å². The number of benzene rings is 1. The highest BCUT2D eigenvalue weighted by Crippen LogP contribution is 2.39. The first-order valence-electron chi connectivity index (χ1n) is 15.7. The molecule has 1 aromatic carbocycles. The fraction of sp³-hybridized carbons (Fsp3) is 0.806. The van der Waals surface area contributed by atoms with Crippen LogP contribution in [0, 0.1) is 0 Å². The van der Waals surface area contributed by atoms with Crippen molar-refractivity contribution in [2.24, 2.45) is 0 Å². The Hall–Kier alpha value is -1.26. The van der Waals surface area contributed by atoms with Gasteiger partial charge in [0.2, 0.25) is 0 Å². The fourth-order valence-corrected chi connectivity index (χ4v) is 6.43. The highest BCUT2D eigenvalue weighted by atomic mass is 32.2. The Morgan fingerprint density at radius 1 is 0.659 bits per heavy atom. The molecule has 0 fully saturated rings. The molecule has 0 aliphatic rings. The average molecular weight is 625 g/mol. The standard InChI is InChI=1S/C31H54F2O6S2/c1-3-4-5-6-7-8-9-10-11-12-13-14-15-16-17-18-19-20-21-22-23-26-39-28-24-25-30(40(2,34)35)29(27-28)31(32,33)41(36,37)38/h24-25,27H,3-23,26H2,1-2H3,(H,36,37,38). The maximum Gasteiger partial charge on any atom is 0.396 e. The zero-order valence-electron chi connectivity index (χ0n) is 25.3. The summed E-state index contributed by atoms with van der Waals surface area (Å²) in [5, 5.41) is -4.78. The molecule has 0 heterocycles. The second kappa shape index (κ2) is 20.6. The van der Waals surface area contributed by atoms with Crippen LogP contribution in [-0.4, -0.2) is 34.3 Å². The van der Waals surface area contributed by atoms with Crippen LogP contribution < -0.4 is 4.74 Å². The molecule has 0 aromatic heterocycles. The Balaban J connectivity index is 2.07. The van der Waals surface area contributed by atoms with Crippen LogP contribution in [0.15, 0.2) is 23.1 Å². The summed E-state index contributed by atoms with van der Waals surface area (Å²) in [5.41, 5.74) is -1.32. The number of unbranched alkanes of at least 4 members (excludes halogenated alkanes) is 20. The van der Waals surface area contributed by atoms with Crippen molar-refractivity contribution >= 4 is 20.0 Å². The lowest BCUT2D eigenvalue weighted by molar-refractivity contribution is 0.0756. The second-order valence-corrected chi connectivity index (χ2v) is 14.8. The van der Waals surface area contributed by atoms with Crippen LogP contribution in [0.4, 0.5) is 8.78 Å². The summed E-state index contributed by atoms with van der Waals surface area (Å²) in [6.45, 7) is 2.49. The van der Waals surface area contributed by atoms with Gasteiger partial charge in [-0.1, -0.05) is 135 Å². The molecule has 0 bridgehead atoms. The number of hydrogen-bond donors (Lipinski definition) is 1. The topological polar surface area (TPSA) is 97.7 Å². The Kier molecular flexibility index (Phi) is 19.0. The molecule has 0 radical (unpaired) electrons. The van der Waals surface area contributed by atoms with Gasteiger partial charge in [-0.15, -0.1) is 0 Å². The molecular formula is C31H54F2O6S2. The highest BCUT2D eigenvalue weighted by molar-refractivity contribution is 7.91. The molecule has 1 N–H and O–H groups in total. The second-order valence-electron chi connectivity index (χ2n) is 11.3. The van der Waals surface area contributed by atoms with Crippen molar-refractivity contribution in [2.75, 3.05) is 12.9 Å². The van der Waals surface area contributed by atoms with E-state index >= 15 is 0 Å². The molecule has 0 saturated heterocycles. The Morgan fingerprint density at radius 2 is 1.02 bits per heavy atom. The third-order valence-corrected chi connectivity index (χ3v) is 9.53. The van der Waals surface area contributed by atoms with Gasteiger partial charge in [-0.25, -0.2) is 8.42 Å². The minimum absolute atomic E-state index is 0.0797. The smallest absolute Gasteiger partial charge is 0.396 e. The van der Waals surface area contributed by atoms with Gasteiger partial charge in [0.1, 0.15) is 5.75 Å². The first-order chi connectivity index (χ1) is 19.4. The van der Waals surface area contributed by atoms with Crippen LogP contribution in [0.25, 0.3) is 0 Å². The third kappa shape index (κ3) is 16.2. The van der Waals surface area contributed by atoms with Crippen molar-refractivity contribution in [3.05, 3.63) is 23.8 Å². The molecule has 240 valence electrons. The van der Waals surface area contributed by atoms with Gasteiger partial charge in [0, 0.05) is 6.26 Å². The van der Waals surface area contributed by atoms with E-state index < -0.39 is 35.7 Å². The van der Waals surface area contributed by atoms with E-state index in [4.69, 9.17) is 9.29 Å². The van der Waals surface area contributed by atoms with Crippen LogP contribution in [0.1, 0.15) is 147 Å². The lowest BCUT2D eigenvalue weighted by Gasteiger charge is -2.18. The van der Waals surface area contributed by atoms with Crippen LogP contribution in [0.3, 0.4) is 0 Å². The quantitative estimate of drug-likeness (QED) is 0.0814. The molecule has 1 rings (SSSR count). The van der Waals surface area contributed by atoms with Gasteiger partial charge in [0.05, 0.1) is 17.1 Å². The first kappa shape index (κ1) is 37.8. The summed E-state index contributed by atoms with van der Waals surface area (Å²) in [5.74, 6) is -0.0797. The summed E-state index contributed by atoms with van der Waals surface area (Å²) in [4.78, 5) is -0.874. The zero-order valence-corrected chi connectivity index (χ0v) is 27.0. The Labute approximate surface area is 248 Å². The van der Waals surface area contributed by atoms with Gasteiger partial charge < -0.3 is 4.74 Å². The highest BCUT2D eigenvalue weighted by Gasteiger charge is 2.49. The molecule has 0 aliphatic carbocycles. The average Bonchev–Trinajstić information content (AvgIpc) is 2.90. The number of rotatable bonds is 26. The van der Waals surface area contributed by atoms with Crippen molar-refractivity contribution in [1.82, 2.24) is 0 Å². The van der Waals surface area contributed by atoms with Crippen molar-refractivity contribution < 1.29 is 34.9 Å². The van der Waals surface area contributed by atoms with Crippen molar-refractivity contribution in [2.45, 2.75) is 152 Å². The molecule has 0 atom stereocenters. The minimum atomic E-state index is -5.86. The molecule has 10 heteroatoms. The Morgan fingerprint density at radius 3 is 1.37 bits per heavy atom. The molecule has 41 heavy (non-hydrogen) atoms. The molecule has 0 spiro atoms. The number of ether oxygens (including phenoxy) is 1. The minimum Gasteiger partial charge on any atom is -0.494 e. The van der Waals surface area contributed by atoms with Crippen LogP contribution in [0.2, 0.25) is 0 Å². The van der Waals surface area contributed by atoms with Crippen molar-refractivity contribution in [3.8, 4) is 5.75 Å². The van der Waals surface area contributed by atoms with E-state index in [0.29, 0.717) is 18.7 Å². The lowest BCUT2D eigenvalue weighted by Crippen LogP contribution is -2.27. The summed E-state index contributed by atoms with van der Waals surface area (Å²) >= 11 is 0. The summed E-state index contributed by atoms with van der Waals surface area (Å²) in [6.07, 6.45) is 27.5. The van der Waals surface area contributed by atoms with Gasteiger partial charge in [-0.2, -0.15) is 17.2 Å². The van der Waals surface area contributed by atoms with Gasteiger partial charge in [0.15, 0.2) is 9.84 Å². The fourth-order valence-electron chi connectivity index (χ4n) is 5.01. The normalized spacial score (nSPS) is 12.6. The van der Waals surface area contributed by atoms with E-state index in [2.05, 4.69) is 6.92 Å². The summed E-state index contributed by atoms with van der Waals surface area (Å²) < 4.78 is 89.0. The predicted octanol–water partition coefficient (Wildman–Crippen LogP) is 9.62. The van der Waals surface area contributed by atoms with Gasteiger partial charge >= 0.3 is 15.4 Å². The first-order valence-corrected chi connectivity index (χ1v) is 19.1. The van der Waals surface area contributed by atoms with E-state index in [1.165, 1.54) is 115 Å². The van der Waals surface area contributed by atoms with Crippen LogP contribution in [-0.2, 0) is 25.2 Å². The number of hydrogen-bond acceptors (Lipinski definition) is 5. The molecule has 0 saturated carbocycles. The van der Waals surface area contributed by atoms with Gasteiger partial charge in [-0.3, -0.25) is 4.55 Å². The number of sulfone groups is 1. The van der Waals surface area contributed by atoms with Crippen molar-refractivity contribution in [3.63, 3.8) is 0 Å². The largest absolute Gasteiger partial charge is 0.494 e. The number of alkyl halides is 2. The molecule has 6 nitrogen and oxygen atoms in total. The summed E-state index contributed by atoms with van der Waals surface area (Å²) in [6, 6.07) is 2.75. The molecule has 0 amide bonds. The maximum absolute atomic E-state index is 14.3. The van der Waals surface area contributed by atoms with Gasteiger partial charge in [0.25, 0.3) is 0 Å². The number of halogens is 2. The van der Waals surface area contributed by atoms with E-state index in [0.717, 1.165) is 25.3 Å². The molecular weight excluding hydrogens is 570 g/mol. The maximum atomic E-state index is 14.3. The lowest BCUT2D eigenvalue weighted by atomic mass is 10.0. The SMILES string of the molecule is CCCCCCCCCCCCCCCCCCCCCCCOc1ccc(S(C)(=O)=O)c(C(F)(F)S(=O)(=O)O)c1. The third-order valence-electron chi connectivity index (χ3n) is 7.50. The van der Waals surface area contributed by atoms with Gasteiger partial charge in [-0.05, 0) is 24.6 Å². The van der Waals surface area contributed by atoms with E-state index in [1.54, 1.807) is 0 Å². The van der Waals surface area contributed by atoms with E-state index in [-0.39, 0.29) is 12.4 Å². The van der Waals surface area contributed by atoms with E-state index in [9.17, 15) is 25.6 Å². The van der Waals surface area contributed by atoms with Crippen molar-refractivity contribution in [1.29, 1.82) is 0 Å². The molecule has 0 aliphatic heterocycles. The Bertz CT molecular complexity index is 1040. The molecule has 1 aromatic rings. The monoisotopic (exact) mass is 624 g/mol. The molecule has 0 unspecified atom stereocenters. The zero-order chi connectivity index (χ0) is 30.6. The predicted molar refractivity (Wildman–Crippen MR) is 163 cm³/mol. The van der Waals surface area contributed by atoms with E-state index in [1.807, 2.05) is 0 Å². The summed E-state index contributed by atoms with van der Waals surface area (Å²) in [7, 11) is -10.0. The van der Waals surface area contributed by atoms with Crippen LogP contribution >= 0.6 is 0 Å².